The Morgan fingerprint density at radius 1 is 1.30 bits per heavy atom. The van der Waals surface area contributed by atoms with E-state index >= 15 is 0 Å². The Kier molecular flexibility index (Phi) is 5.46. The van der Waals surface area contributed by atoms with Crippen molar-refractivity contribution in [1.29, 1.82) is 0 Å². The molecule has 0 unspecified atom stereocenters. The molecule has 0 aliphatic carbocycles. The lowest BCUT2D eigenvalue weighted by molar-refractivity contribution is 0.585. The first-order chi connectivity index (χ1) is 11.0. The zero-order valence-electron chi connectivity index (χ0n) is 12.8. The molecule has 0 fully saturated rings. The summed E-state index contributed by atoms with van der Waals surface area (Å²) in [5.41, 5.74) is 1.69. The van der Waals surface area contributed by atoms with Gasteiger partial charge in [0, 0.05) is 17.3 Å². The van der Waals surface area contributed by atoms with E-state index in [0.29, 0.717) is 21.6 Å². The predicted molar refractivity (Wildman–Crippen MR) is 97.8 cm³/mol. The molecule has 23 heavy (non-hydrogen) atoms. The van der Waals surface area contributed by atoms with E-state index in [-0.39, 0.29) is 0 Å². The van der Waals surface area contributed by atoms with Gasteiger partial charge in [0.15, 0.2) is 10.8 Å². The molecule has 0 aliphatic heterocycles. The summed E-state index contributed by atoms with van der Waals surface area (Å²) in [7, 11) is 0. The Morgan fingerprint density at radius 3 is 2.91 bits per heavy atom. The van der Waals surface area contributed by atoms with Gasteiger partial charge in [-0.1, -0.05) is 48.8 Å². The number of rotatable bonds is 6. The molecule has 0 N–H and O–H groups in total. The van der Waals surface area contributed by atoms with Gasteiger partial charge in [-0.15, -0.1) is 21.5 Å². The Balaban J connectivity index is 1.69. The second kappa shape index (κ2) is 7.38. The van der Waals surface area contributed by atoms with Crippen LogP contribution in [0.5, 0.6) is 0 Å². The second-order valence-electron chi connectivity index (χ2n) is 5.64. The van der Waals surface area contributed by atoms with Crippen LogP contribution in [0.25, 0.3) is 5.65 Å². The Labute approximate surface area is 153 Å². The van der Waals surface area contributed by atoms with E-state index in [0.717, 1.165) is 23.0 Å². The summed E-state index contributed by atoms with van der Waals surface area (Å²) in [6.45, 7) is 4.47. The van der Waals surface area contributed by atoms with Gasteiger partial charge in [-0.2, -0.15) is 0 Å². The molecule has 3 rings (SSSR count). The molecule has 0 bridgehead atoms. The number of halogens is 2. The van der Waals surface area contributed by atoms with Crippen molar-refractivity contribution in [1.82, 2.24) is 19.6 Å². The van der Waals surface area contributed by atoms with Crippen molar-refractivity contribution in [2.24, 2.45) is 5.92 Å². The molecule has 8 heteroatoms. The predicted octanol–water partition coefficient (Wildman–Crippen LogP) is 5.37. The highest BCUT2D eigenvalue weighted by molar-refractivity contribution is 7.98. The average Bonchev–Trinajstić information content (AvgIpc) is 3.09. The Morgan fingerprint density at radius 2 is 2.13 bits per heavy atom. The number of aryl methyl sites for hydroxylation is 1. The molecule has 0 spiro atoms. The van der Waals surface area contributed by atoms with Crippen LogP contribution in [0.2, 0.25) is 10.0 Å². The maximum absolute atomic E-state index is 6.13. The molecule has 4 nitrogen and oxygen atoms in total. The number of pyridine rings is 1. The zero-order valence-corrected chi connectivity index (χ0v) is 15.9. The van der Waals surface area contributed by atoms with Crippen LogP contribution in [-0.2, 0) is 12.2 Å². The van der Waals surface area contributed by atoms with Crippen LogP contribution in [0.1, 0.15) is 31.0 Å². The molecule has 3 heterocycles. The summed E-state index contributed by atoms with van der Waals surface area (Å²) in [5, 5.41) is 13.4. The van der Waals surface area contributed by atoms with Gasteiger partial charge in [-0.05, 0) is 24.8 Å². The van der Waals surface area contributed by atoms with Gasteiger partial charge in [0.2, 0.25) is 0 Å². The lowest BCUT2D eigenvalue weighted by Crippen LogP contribution is -1.92. The maximum Gasteiger partial charge on any atom is 0.196 e. The molecule has 0 saturated heterocycles. The van der Waals surface area contributed by atoms with E-state index in [9.17, 15) is 0 Å². The summed E-state index contributed by atoms with van der Waals surface area (Å²) in [4.78, 5) is 4.68. The third kappa shape index (κ3) is 4.18. The Bertz CT molecular complexity index is 813. The lowest BCUT2D eigenvalue weighted by Gasteiger charge is -2.01. The van der Waals surface area contributed by atoms with Crippen molar-refractivity contribution in [2.45, 2.75) is 37.6 Å². The molecule has 3 aromatic heterocycles. The molecule has 0 aromatic carbocycles. The van der Waals surface area contributed by atoms with Crippen molar-refractivity contribution >= 4 is 51.9 Å². The zero-order chi connectivity index (χ0) is 16.4. The second-order valence-corrected chi connectivity index (χ2v) is 8.37. The maximum atomic E-state index is 6.13. The summed E-state index contributed by atoms with van der Waals surface area (Å²) in [5.74, 6) is 1.46. The fraction of sp³-hybridized carbons (Fsp3) is 0.400. The fourth-order valence-corrected chi connectivity index (χ4v) is 4.31. The van der Waals surface area contributed by atoms with Gasteiger partial charge in [0.25, 0.3) is 0 Å². The van der Waals surface area contributed by atoms with Crippen LogP contribution in [0, 0.1) is 5.92 Å². The molecule has 0 saturated carbocycles. The summed E-state index contributed by atoms with van der Waals surface area (Å²) in [6.07, 6.45) is 4.00. The van der Waals surface area contributed by atoms with Crippen LogP contribution in [0.4, 0.5) is 0 Å². The molecular formula is C15H16Cl2N4S2. The van der Waals surface area contributed by atoms with E-state index < -0.39 is 0 Å². The SMILES string of the molecule is CC(C)CCc1nc(CSc2nnc3c(Cl)cc(Cl)cn23)cs1. The number of fused-ring (bicyclic) bond motifs is 1. The minimum Gasteiger partial charge on any atom is -0.275 e. The third-order valence-corrected chi connectivity index (χ3v) is 5.70. The van der Waals surface area contributed by atoms with Crippen molar-refractivity contribution in [2.75, 3.05) is 0 Å². The number of nitrogens with zero attached hydrogens (tertiary/aromatic N) is 4. The first-order valence-corrected chi connectivity index (χ1v) is 9.91. The summed E-state index contributed by atoms with van der Waals surface area (Å²) < 4.78 is 1.82. The van der Waals surface area contributed by atoms with Gasteiger partial charge >= 0.3 is 0 Å². The van der Waals surface area contributed by atoms with Crippen LogP contribution in [-0.4, -0.2) is 19.6 Å². The minimum atomic E-state index is 0.501. The van der Waals surface area contributed by atoms with Crippen molar-refractivity contribution < 1.29 is 0 Å². The topological polar surface area (TPSA) is 43.1 Å². The average molecular weight is 387 g/mol. The highest BCUT2D eigenvalue weighted by Crippen LogP contribution is 2.27. The van der Waals surface area contributed by atoms with Crippen LogP contribution >= 0.6 is 46.3 Å². The van der Waals surface area contributed by atoms with Crippen LogP contribution < -0.4 is 0 Å². The highest BCUT2D eigenvalue weighted by atomic mass is 35.5. The minimum absolute atomic E-state index is 0.501. The number of hydrogen-bond donors (Lipinski definition) is 0. The first-order valence-electron chi connectivity index (χ1n) is 7.29. The Hall–Kier alpha value is -0.820. The largest absolute Gasteiger partial charge is 0.275 e. The van der Waals surface area contributed by atoms with Gasteiger partial charge in [0.05, 0.1) is 20.7 Å². The van der Waals surface area contributed by atoms with Crippen molar-refractivity contribution in [3.05, 3.63) is 38.4 Å². The first kappa shape index (κ1) is 17.0. The number of aromatic nitrogens is 4. The van der Waals surface area contributed by atoms with Crippen LogP contribution in [0.3, 0.4) is 0 Å². The van der Waals surface area contributed by atoms with E-state index in [2.05, 4.69) is 34.4 Å². The van der Waals surface area contributed by atoms with Gasteiger partial charge < -0.3 is 0 Å². The molecule has 0 aliphatic rings. The van der Waals surface area contributed by atoms with Crippen LogP contribution in [0.15, 0.2) is 22.8 Å². The fourth-order valence-electron chi connectivity index (χ4n) is 2.08. The third-order valence-electron chi connectivity index (χ3n) is 3.28. The molecule has 122 valence electrons. The van der Waals surface area contributed by atoms with Gasteiger partial charge in [-0.25, -0.2) is 4.98 Å². The van der Waals surface area contributed by atoms with Gasteiger partial charge in [0.1, 0.15) is 0 Å². The summed E-state index contributed by atoms with van der Waals surface area (Å²) >= 11 is 15.5. The number of thiazole rings is 1. The molecule has 0 amide bonds. The normalized spacial score (nSPS) is 11.7. The molecule has 3 aromatic rings. The smallest absolute Gasteiger partial charge is 0.196 e. The standard InChI is InChI=1S/C15H16Cl2N4S2/c1-9(2)3-4-13-18-11(7-22-13)8-23-15-20-19-14-12(17)5-10(16)6-21(14)15/h5-7,9H,3-4,8H2,1-2H3. The van der Waals surface area contributed by atoms with E-state index in [1.165, 1.54) is 11.4 Å². The number of hydrogen-bond acceptors (Lipinski definition) is 5. The monoisotopic (exact) mass is 386 g/mol. The quantitative estimate of drug-likeness (QED) is 0.533. The highest BCUT2D eigenvalue weighted by Gasteiger charge is 2.11. The summed E-state index contributed by atoms with van der Waals surface area (Å²) in [6, 6.07) is 1.67. The van der Waals surface area contributed by atoms with E-state index in [1.807, 2.05) is 4.40 Å². The van der Waals surface area contributed by atoms with E-state index in [4.69, 9.17) is 23.2 Å². The van der Waals surface area contributed by atoms with Crippen molar-refractivity contribution in [3.8, 4) is 0 Å². The van der Waals surface area contributed by atoms with E-state index in [1.54, 1.807) is 35.4 Å². The molecular weight excluding hydrogens is 371 g/mol. The molecule has 0 radical (unpaired) electrons. The van der Waals surface area contributed by atoms with Gasteiger partial charge in [-0.3, -0.25) is 4.40 Å². The van der Waals surface area contributed by atoms with Crippen molar-refractivity contribution in [3.63, 3.8) is 0 Å². The number of thioether (sulfide) groups is 1. The molecule has 0 atom stereocenters. The lowest BCUT2D eigenvalue weighted by atomic mass is 10.1.